The van der Waals surface area contributed by atoms with Crippen molar-refractivity contribution in [3.63, 3.8) is 0 Å². The van der Waals surface area contributed by atoms with Gasteiger partial charge in [0.25, 0.3) is 0 Å². The Morgan fingerprint density at radius 2 is 2.00 bits per heavy atom. The Labute approximate surface area is 95.1 Å². The summed E-state index contributed by atoms with van der Waals surface area (Å²) < 4.78 is 35.2. The lowest BCUT2D eigenvalue weighted by Crippen LogP contribution is -2.09. The number of carbonyl (C=O) groups is 1. The van der Waals surface area contributed by atoms with E-state index in [2.05, 4.69) is 9.72 Å². The summed E-state index contributed by atoms with van der Waals surface area (Å²) in [4.78, 5) is 13.6. The van der Waals surface area contributed by atoms with Gasteiger partial charge in [0.05, 0.1) is 12.1 Å². The van der Waals surface area contributed by atoms with Gasteiger partial charge >= 0.3 is 6.16 Å². The van der Waals surface area contributed by atoms with Gasteiger partial charge in [-0.2, -0.15) is 0 Å². The maximum Gasteiger partial charge on any atom is 0.515 e. The molecule has 2 aromatic rings. The molecule has 0 atom stereocenters. The normalized spacial score (nSPS) is 10.5. The first kappa shape index (κ1) is 11.4. The second-order valence-corrected chi connectivity index (χ2v) is 3.27. The van der Waals surface area contributed by atoms with Crippen LogP contribution in [0.3, 0.4) is 0 Å². The minimum atomic E-state index is -0.970. The van der Waals surface area contributed by atoms with Crippen LogP contribution in [0, 0.1) is 11.6 Å². The van der Waals surface area contributed by atoms with Gasteiger partial charge in [-0.25, -0.2) is 13.6 Å². The molecule has 90 valence electrons. The third-order valence-corrected chi connectivity index (χ3v) is 2.09. The number of hydrogen-bond donors (Lipinski definition) is 1. The van der Waals surface area contributed by atoms with Crippen LogP contribution in [0.2, 0.25) is 0 Å². The predicted molar refractivity (Wildman–Crippen MR) is 55.9 cm³/mol. The van der Waals surface area contributed by atoms with Crippen molar-refractivity contribution < 1.29 is 23.0 Å². The second-order valence-electron chi connectivity index (χ2n) is 3.27. The third kappa shape index (κ3) is 2.35. The summed E-state index contributed by atoms with van der Waals surface area (Å²) in [6, 6.07) is 3.39. The largest absolute Gasteiger partial charge is 0.515 e. The number of fused-ring (bicyclic) bond motifs is 1. The summed E-state index contributed by atoms with van der Waals surface area (Å²) in [5.74, 6) is -1.86. The molecule has 4 nitrogen and oxygen atoms in total. The van der Waals surface area contributed by atoms with Gasteiger partial charge < -0.3 is 14.5 Å². The van der Waals surface area contributed by atoms with Gasteiger partial charge in [-0.15, -0.1) is 0 Å². The molecule has 0 unspecified atom stereocenters. The van der Waals surface area contributed by atoms with Crippen molar-refractivity contribution in [3.8, 4) is 5.88 Å². The van der Waals surface area contributed by atoms with Gasteiger partial charge in [0.2, 0.25) is 5.88 Å². The molecule has 1 N–H and O–H groups in total. The van der Waals surface area contributed by atoms with E-state index < -0.39 is 17.8 Å². The Bertz CT molecular complexity index is 526. The summed E-state index contributed by atoms with van der Waals surface area (Å²) in [6.07, 6.45) is -0.875. The van der Waals surface area contributed by atoms with Gasteiger partial charge in [0, 0.05) is 17.5 Å². The quantitative estimate of drug-likeness (QED) is 0.822. The molecule has 0 radical (unpaired) electrons. The van der Waals surface area contributed by atoms with Crippen LogP contribution in [0.1, 0.15) is 6.92 Å². The van der Waals surface area contributed by atoms with E-state index >= 15 is 0 Å². The number of benzene rings is 1. The molecule has 1 aromatic carbocycles. The lowest BCUT2D eigenvalue weighted by molar-refractivity contribution is 0.103. The van der Waals surface area contributed by atoms with Crippen molar-refractivity contribution >= 4 is 17.1 Å². The first-order chi connectivity index (χ1) is 8.10. The smallest absolute Gasteiger partial charge is 0.434 e. The minimum absolute atomic E-state index is 0.0726. The maximum atomic E-state index is 12.9. The van der Waals surface area contributed by atoms with Gasteiger partial charge in [-0.05, 0) is 13.0 Å². The minimum Gasteiger partial charge on any atom is -0.434 e. The fourth-order valence-electron chi connectivity index (χ4n) is 1.39. The zero-order chi connectivity index (χ0) is 12.4. The number of H-pyrrole nitrogens is 1. The zero-order valence-corrected chi connectivity index (χ0v) is 8.92. The highest BCUT2D eigenvalue weighted by atomic mass is 19.2. The number of halogens is 2. The Morgan fingerprint density at radius 1 is 1.29 bits per heavy atom. The van der Waals surface area contributed by atoms with Gasteiger partial charge in [-0.3, -0.25) is 0 Å². The number of ether oxygens (including phenoxy) is 2. The van der Waals surface area contributed by atoms with Crippen LogP contribution in [-0.2, 0) is 4.74 Å². The zero-order valence-electron chi connectivity index (χ0n) is 8.92. The molecule has 1 heterocycles. The summed E-state index contributed by atoms with van der Waals surface area (Å²) in [6.45, 7) is 1.82. The van der Waals surface area contributed by atoms with Crippen molar-refractivity contribution in [2.75, 3.05) is 6.61 Å². The lowest BCUT2D eigenvalue weighted by atomic mass is 10.2. The van der Waals surface area contributed by atoms with Crippen LogP contribution in [0.5, 0.6) is 5.88 Å². The summed E-state index contributed by atoms with van der Waals surface area (Å²) in [5, 5.41) is 0.406. The Kier molecular flexibility index (Phi) is 2.95. The summed E-state index contributed by atoms with van der Waals surface area (Å²) in [5.41, 5.74) is 0.336. The molecule has 0 aliphatic carbocycles. The van der Waals surface area contributed by atoms with E-state index in [0.29, 0.717) is 10.9 Å². The molecule has 0 amide bonds. The molecule has 2 rings (SSSR count). The monoisotopic (exact) mass is 241 g/mol. The number of aromatic nitrogens is 1. The molecule has 17 heavy (non-hydrogen) atoms. The average Bonchev–Trinajstić information content (AvgIpc) is 2.60. The van der Waals surface area contributed by atoms with E-state index in [4.69, 9.17) is 4.74 Å². The fourth-order valence-corrected chi connectivity index (χ4v) is 1.39. The van der Waals surface area contributed by atoms with Gasteiger partial charge in [-0.1, -0.05) is 0 Å². The highest BCUT2D eigenvalue weighted by Gasteiger charge is 2.10. The second kappa shape index (κ2) is 4.40. The van der Waals surface area contributed by atoms with E-state index in [9.17, 15) is 13.6 Å². The maximum absolute atomic E-state index is 12.9. The van der Waals surface area contributed by atoms with Crippen LogP contribution in [0.4, 0.5) is 13.6 Å². The molecular formula is C11H9F2NO3. The highest BCUT2D eigenvalue weighted by Crippen LogP contribution is 2.23. The van der Waals surface area contributed by atoms with E-state index in [1.165, 1.54) is 6.07 Å². The van der Waals surface area contributed by atoms with Crippen molar-refractivity contribution in [3.05, 3.63) is 29.8 Å². The van der Waals surface area contributed by atoms with Crippen LogP contribution >= 0.6 is 0 Å². The lowest BCUT2D eigenvalue weighted by Gasteiger charge is -1.99. The van der Waals surface area contributed by atoms with E-state index in [1.54, 1.807) is 6.92 Å². The SMILES string of the molecule is CCOC(=O)Oc1cc2cc(F)c(F)cc2[nH]1. The third-order valence-electron chi connectivity index (χ3n) is 2.09. The Balaban J connectivity index is 2.29. The summed E-state index contributed by atoms with van der Waals surface area (Å²) >= 11 is 0. The van der Waals surface area contributed by atoms with Crippen LogP contribution in [0.15, 0.2) is 18.2 Å². The predicted octanol–water partition coefficient (Wildman–Crippen LogP) is 2.98. The molecule has 6 heteroatoms. The van der Waals surface area contributed by atoms with Crippen molar-refractivity contribution in [1.82, 2.24) is 4.98 Å². The standard InChI is InChI=1S/C11H9F2NO3/c1-2-16-11(15)17-10-4-6-3-7(12)8(13)5-9(6)14-10/h3-5,14H,2H2,1H3. The topological polar surface area (TPSA) is 51.3 Å². The van der Waals surface area contributed by atoms with E-state index in [1.807, 2.05) is 0 Å². The molecule has 0 fully saturated rings. The molecule has 0 bridgehead atoms. The Hall–Kier alpha value is -2.11. The Morgan fingerprint density at radius 3 is 2.71 bits per heavy atom. The van der Waals surface area contributed by atoms with Crippen molar-refractivity contribution in [2.45, 2.75) is 6.92 Å². The van der Waals surface area contributed by atoms with E-state index in [-0.39, 0.29) is 12.5 Å². The highest BCUT2D eigenvalue weighted by molar-refractivity contribution is 5.82. The molecule has 0 saturated heterocycles. The van der Waals surface area contributed by atoms with Crippen molar-refractivity contribution in [1.29, 1.82) is 0 Å². The summed E-state index contributed by atoms with van der Waals surface area (Å²) in [7, 11) is 0. The van der Waals surface area contributed by atoms with Gasteiger partial charge in [0.15, 0.2) is 11.6 Å². The number of nitrogens with one attached hydrogen (secondary N) is 1. The fraction of sp³-hybridized carbons (Fsp3) is 0.182. The first-order valence-electron chi connectivity index (χ1n) is 4.92. The molecule has 0 aliphatic heterocycles. The molecule has 0 saturated carbocycles. The number of hydrogen-bond acceptors (Lipinski definition) is 3. The van der Waals surface area contributed by atoms with Crippen molar-refractivity contribution in [2.24, 2.45) is 0 Å². The van der Waals surface area contributed by atoms with E-state index in [0.717, 1.165) is 12.1 Å². The van der Waals surface area contributed by atoms with Crippen LogP contribution < -0.4 is 4.74 Å². The number of rotatable bonds is 2. The van der Waals surface area contributed by atoms with Crippen LogP contribution in [0.25, 0.3) is 10.9 Å². The molecule has 0 aliphatic rings. The molecule has 1 aromatic heterocycles. The average molecular weight is 241 g/mol. The number of aromatic amines is 1. The first-order valence-corrected chi connectivity index (χ1v) is 4.92. The van der Waals surface area contributed by atoms with Gasteiger partial charge in [0.1, 0.15) is 0 Å². The molecule has 0 spiro atoms. The number of carbonyl (C=O) groups excluding carboxylic acids is 1. The van der Waals surface area contributed by atoms with Crippen LogP contribution in [-0.4, -0.2) is 17.7 Å². The molecular weight excluding hydrogens is 232 g/mol.